The summed E-state index contributed by atoms with van der Waals surface area (Å²) in [6.45, 7) is 0. The molecule has 11 aromatic rings. The Bertz CT molecular complexity index is 3240. The Morgan fingerprint density at radius 1 is 0.291 bits per heavy atom. The molecular weight excluding hydrogens is 703 g/mol. The third-order valence-corrected chi connectivity index (χ3v) is 13.1. The van der Waals surface area contributed by atoms with Gasteiger partial charge in [-0.1, -0.05) is 127 Å². The van der Waals surface area contributed by atoms with Gasteiger partial charge in [-0.15, -0.1) is 22.7 Å². The maximum absolute atomic E-state index is 2.44. The van der Waals surface area contributed by atoms with E-state index in [0.29, 0.717) is 0 Å². The molecule has 0 radical (unpaired) electrons. The van der Waals surface area contributed by atoms with Gasteiger partial charge in [-0.2, -0.15) is 0 Å². The minimum Gasteiger partial charge on any atom is -0.310 e. The topological polar surface area (TPSA) is 3.24 Å². The highest BCUT2D eigenvalue weighted by Gasteiger charge is 2.19. The van der Waals surface area contributed by atoms with Crippen LogP contribution in [-0.4, -0.2) is 0 Å². The Kier molecular flexibility index (Phi) is 7.61. The lowest BCUT2D eigenvalue weighted by Crippen LogP contribution is -2.11. The Hall–Kier alpha value is -6.52. The van der Waals surface area contributed by atoms with Crippen LogP contribution in [0.2, 0.25) is 0 Å². The molecule has 0 atom stereocenters. The lowest BCUT2D eigenvalue weighted by Gasteiger charge is -2.29. The van der Waals surface area contributed by atoms with E-state index < -0.39 is 0 Å². The molecule has 11 rings (SSSR count). The van der Waals surface area contributed by atoms with Crippen molar-refractivity contribution in [2.75, 3.05) is 4.90 Å². The lowest BCUT2D eigenvalue weighted by atomic mass is 9.97. The van der Waals surface area contributed by atoms with E-state index >= 15 is 0 Å². The zero-order chi connectivity index (χ0) is 36.3. The highest BCUT2D eigenvalue weighted by molar-refractivity contribution is 7.26. The molecule has 0 bridgehead atoms. The molecule has 55 heavy (non-hydrogen) atoms. The van der Waals surface area contributed by atoms with E-state index in [-0.39, 0.29) is 0 Å². The van der Waals surface area contributed by atoms with E-state index in [2.05, 4.69) is 205 Å². The van der Waals surface area contributed by atoms with Crippen LogP contribution in [-0.2, 0) is 0 Å². The summed E-state index contributed by atoms with van der Waals surface area (Å²) in [5.41, 5.74) is 10.5. The summed E-state index contributed by atoms with van der Waals surface area (Å²) >= 11 is 3.72. The van der Waals surface area contributed by atoms with Crippen LogP contribution in [0.15, 0.2) is 200 Å². The molecular formula is C52H33NS2. The normalized spacial score (nSPS) is 11.6. The first-order valence-electron chi connectivity index (χ1n) is 18.7. The quantitative estimate of drug-likeness (QED) is 0.164. The number of para-hydroxylation sites is 1. The fourth-order valence-electron chi connectivity index (χ4n) is 8.16. The molecule has 2 aromatic heterocycles. The van der Waals surface area contributed by atoms with Crippen LogP contribution < -0.4 is 4.90 Å². The Balaban J connectivity index is 1.10. The molecule has 0 saturated carbocycles. The van der Waals surface area contributed by atoms with E-state index in [4.69, 9.17) is 0 Å². The second-order valence-corrected chi connectivity index (χ2v) is 16.3. The second-order valence-electron chi connectivity index (χ2n) is 14.1. The first kappa shape index (κ1) is 32.0. The maximum Gasteiger partial charge on any atom is 0.0540 e. The van der Waals surface area contributed by atoms with Gasteiger partial charge < -0.3 is 4.90 Å². The standard InChI is InChI=1S/C52H33NS2/c1-2-12-35-29-38(24-23-34(35)11-1)36-13-9-15-41(30-36)53(42-16-10-14-37(31-42)39-25-27-51-46(32-39)44-18-4-7-21-49(44)54-51)48-20-6-3-17-43(48)40-26-28-52-47(33-40)45-19-5-8-22-50(45)55-52/h1-33H. The van der Waals surface area contributed by atoms with Crippen LogP contribution in [0.3, 0.4) is 0 Å². The predicted molar refractivity (Wildman–Crippen MR) is 241 cm³/mol. The third kappa shape index (κ3) is 5.60. The number of hydrogen-bond donors (Lipinski definition) is 0. The van der Waals surface area contributed by atoms with Crippen molar-refractivity contribution in [3.8, 4) is 33.4 Å². The Morgan fingerprint density at radius 3 is 1.47 bits per heavy atom. The predicted octanol–water partition coefficient (Wildman–Crippen LogP) is 16.0. The van der Waals surface area contributed by atoms with E-state index in [0.717, 1.165) is 17.1 Å². The fourth-order valence-corrected chi connectivity index (χ4v) is 10.3. The fraction of sp³-hybridized carbons (Fsp3) is 0. The Labute approximate surface area is 327 Å². The van der Waals surface area contributed by atoms with Crippen LogP contribution >= 0.6 is 22.7 Å². The SMILES string of the molecule is c1cc(-c2ccc3ccccc3c2)cc(N(c2cccc(-c3ccc4sc5ccccc5c4c3)c2)c2ccccc2-c2ccc3sc4ccccc4c3c2)c1. The number of rotatable bonds is 6. The molecule has 2 heterocycles. The Morgan fingerprint density at radius 2 is 0.782 bits per heavy atom. The second kappa shape index (κ2) is 13.1. The van der Waals surface area contributed by atoms with Crippen LogP contribution in [0, 0.1) is 0 Å². The minimum absolute atomic E-state index is 1.11. The summed E-state index contributed by atoms with van der Waals surface area (Å²) in [6.07, 6.45) is 0. The van der Waals surface area contributed by atoms with Crippen molar-refractivity contribution in [1.82, 2.24) is 0 Å². The van der Waals surface area contributed by atoms with Gasteiger partial charge in [-0.25, -0.2) is 0 Å². The van der Waals surface area contributed by atoms with Crippen LogP contribution in [0.4, 0.5) is 17.1 Å². The van der Waals surface area contributed by atoms with E-state index in [1.54, 1.807) is 0 Å². The van der Waals surface area contributed by atoms with Crippen LogP contribution in [0.1, 0.15) is 0 Å². The van der Waals surface area contributed by atoms with Gasteiger partial charge in [0, 0.05) is 57.3 Å². The molecule has 0 aliphatic carbocycles. The van der Waals surface area contributed by atoms with Gasteiger partial charge in [0.25, 0.3) is 0 Å². The average molecular weight is 736 g/mol. The molecule has 0 saturated heterocycles. The van der Waals surface area contributed by atoms with Crippen molar-refractivity contribution in [1.29, 1.82) is 0 Å². The van der Waals surface area contributed by atoms with Gasteiger partial charge in [0.1, 0.15) is 0 Å². The monoisotopic (exact) mass is 735 g/mol. The number of anilines is 3. The zero-order valence-corrected chi connectivity index (χ0v) is 31.4. The molecule has 0 aliphatic heterocycles. The number of nitrogens with zero attached hydrogens (tertiary/aromatic N) is 1. The van der Waals surface area contributed by atoms with E-state index in [9.17, 15) is 0 Å². The summed E-state index contributed by atoms with van der Waals surface area (Å²) in [7, 11) is 0. The van der Waals surface area contributed by atoms with Gasteiger partial charge >= 0.3 is 0 Å². The smallest absolute Gasteiger partial charge is 0.0540 e. The van der Waals surface area contributed by atoms with Crippen LogP contribution in [0.5, 0.6) is 0 Å². The molecule has 0 amide bonds. The van der Waals surface area contributed by atoms with Crippen molar-refractivity contribution in [2.24, 2.45) is 0 Å². The zero-order valence-electron chi connectivity index (χ0n) is 29.8. The third-order valence-electron chi connectivity index (χ3n) is 10.8. The molecule has 0 aliphatic rings. The minimum atomic E-state index is 1.11. The summed E-state index contributed by atoms with van der Waals surface area (Å²) in [4.78, 5) is 2.44. The summed E-state index contributed by atoms with van der Waals surface area (Å²) in [5, 5.41) is 7.73. The maximum atomic E-state index is 2.44. The van der Waals surface area contributed by atoms with Crippen molar-refractivity contribution >= 4 is 90.9 Å². The van der Waals surface area contributed by atoms with Crippen molar-refractivity contribution < 1.29 is 0 Å². The van der Waals surface area contributed by atoms with Gasteiger partial charge in [0.2, 0.25) is 0 Å². The lowest BCUT2D eigenvalue weighted by molar-refractivity contribution is 1.28. The molecule has 9 aromatic carbocycles. The van der Waals surface area contributed by atoms with Crippen molar-refractivity contribution in [2.45, 2.75) is 0 Å². The molecule has 1 nitrogen and oxygen atoms in total. The van der Waals surface area contributed by atoms with Gasteiger partial charge in [0.05, 0.1) is 5.69 Å². The highest BCUT2D eigenvalue weighted by Crippen LogP contribution is 2.45. The van der Waals surface area contributed by atoms with Gasteiger partial charge in [-0.3, -0.25) is 0 Å². The molecule has 3 heteroatoms. The molecule has 0 N–H and O–H groups in total. The molecule has 0 fully saturated rings. The highest BCUT2D eigenvalue weighted by atomic mass is 32.1. The largest absolute Gasteiger partial charge is 0.310 e. The van der Waals surface area contributed by atoms with Gasteiger partial charge in [-0.05, 0) is 111 Å². The number of hydrogen-bond acceptors (Lipinski definition) is 3. The number of thiophene rings is 2. The van der Waals surface area contributed by atoms with Crippen molar-refractivity contribution in [3.05, 3.63) is 200 Å². The average Bonchev–Trinajstić information content (AvgIpc) is 3.82. The number of fused-ring (bicyclic) bond motifs is 7. The van der Waals surface area contributed by atoms with E-state index in [1.165, 1.54) is 84.5 Å². The van der Waals surface area contributed by atoms with Crippen LogP contribution in [0.25, 0.3) is 84.5 Å². The summed E-state index contributed by atoms with van der Waals surface area (Å²) in [6, 6.07) is 73.6. The summed E-state index contributed by atoms with van der Waals surface area (Å²) < 4.78 is 5.27. The first-order valence-corrected chi connectivity index (χ1v) is 20.3. The van der Waals surface area contributed by atoms with Crippen molar-refractivity contribution in [3.63, 3.8) is 0 Å². The van der Waals surface area contributed by atoms with Gasteiger partial charge in [0.15, 0.2) is 0 Å². The van der Waals surface area contributed by atoms with E-state index in [1.807, 2.05) is 22.7 Å². The first-order chi connectivity index (χ1) is 27.2. The molecule has 0 unspecified atom stereocenters. The summed E-state index contributed by atoms with van der Waals surface area (Å²) in [5.74, 6) is 0. The number of benzene rings is 9. The molecule has 258 valence electrons. The molecule has 0 spiro atoms.